The molecule has 1 aromatic rings. The predicted molar refractivity (Wildman–Crippen MR) is 52.2 cm³/mol. The zero-order valence-corrected chi connectivity index (χ0v) is 8.45. The molecule has 0 atom stereocenters. The Bertz CT molecular complexity index is 231. The van der Waals surface area contributed by atoms with Gasteiger partial charge in [0.05, 0.1) is 11.9 Å². The third-order valence-corrected chi connectivity index (χ3v) is 1.91. The smallest absolute Gasteiger partial charge is 0.0964 e. The van der Waals surface area contributed by atoms with Gasteiger partial charge in [0.2, 0.25) is 0 Å². The second-order valence-electron chi connectivity index (χ2n) is 3.21. The first-order valence-electron chi connectivity index (χ1n) is 4.89. The first kappa shape index (κ1) is 10.2. The molecule has 1 rings (SSSR count). The third kappa shape index (κ3) is 4.03. The molecule has 0 spiro atoms. The quantitative estimate of drug-likeness (QED) is 0.670. The molecule has 1 aromatic heterocycles. The monoisotopic (exact) mass is 182 g/mol. The molecule has 0 amide bonds. The topological polar surface area (TPSA) is 42.7 Å². The van der Waals surface area contributed by atoms with Crippen LogP contribution in [0.3, 0.4) is 0 Å². The fourth-order valence-corrected chi connectivity index (χ4v) is 1.19. The van der Waals surface area contributed by atoms with Crippen molar-refractivity contribution in [1.82, 2.24) is 20.3 Å². The van der Waals surface area contributed by atoms with Gasteiger partial charge in [-0.2, -0.15) is 15.0 Å². The summed E-state index contributed by atoms with van der Waals surface area (Å²) in [5.41, 5.74) is 1.01. The second kappa shape index (κ2) is 5.70. The third-order valence-electron chi connectivity index (χ3n) is 1.91. The van der Waals surface area contributed by atoms with E-state index >= 15 is 0 Å². The van der Waals surface area contributed by atoms with Crippen molar-refractivity contribution < 1.29 is 0 Å². The Kier molecular flexibility index (Phi) is 4.46. The minimum atomic E-state index is 0.831. The average molecular weight is 182 g/mol. The number of aromatic nitrogens is 3. The fraction of sp³-hybridized carbons (Fsp3) is 0.778. The Morgan fingerprint density at radius 3 is 2.92 bits per heavy atom. The minimum absolute atomic E-state index is 0.831. The van der Waals surface area contributed by atoms with Gasteiger partial charge in [0.15, 0.2) is 0 Å². The van der Waals surface area contributed by atoms with Gasteiger partial charge in [-0.3, -0.25) is 0 Å². The molecule has 0 fully saturated rings. The largest absolute Gasteiger partial charge is 0.311 e. The van der Waals surface area contributed by atoms with Crippen LogP contribution < -0.4 is 5.32 Å². The number of unbranched alkanes of at least 4 members (excludes halogenated alkanes) is 2. The maximum absolute atomic E-state index is 4.17. The summed E-state index contributed by atoms with van der Waals surface area (Å²) in [4.78, 5) is 1.59. The molecular formula is C9H18N4. The highest BCUT2D eigenvalue weighted by molar-refractivity contribution is 4.89. The van der Waals surface area contributed by atoms with E-state index in [0.29, 0.717) is 0 Å². The lowest BCUT2D eigenvalue weighted by Gasteiger charge is -2.00. The maximum Gasteiger partial charge on any atom is 0.0964 e. The van der Waals surface area contributed by atoms with Crippen molar-refractivity contribution in [2.24, 2.45) is 7.05 Å². The zero-order chi connectivity index (χ0) is 9.52. The van der Waals surface area contributed by atoms with Gasteiger partial charge in [0.25, 0.3) is 0 Å². The highest BCUT2D eigenvalue weighted by atomic mass is 15.4. The SMILES string of the molecule is CCCCCNCc1cnn(C)n1. The standard InChI is InChI=1S/C9H18N4/c1-3-4-5-6-10-7-9-8-11-13(2)12-9/h8,10H,3-7H2,1-2H3. The normalized spacial score (nSPS) is 10.6. The summed E-state index contributed by atoms with van der Waals surface area (Å²) in [7, 11) is 1.83. The molecule has 0 aromatic carbocycles. The molecule has 1 heterocycles. The number of nitrogens with zero attached hydrogens (tertiary/aromatic N) is 3. The Hall–Kier alpha value is -0.900. The molecule has 0 aliphatic carbocycles. The van der Waals surface area contributed by atoms with Gasteiger partial charge >= 0.3 is 0 Å². The number of rotatable bonds is 6. The van der Waals surface area contributed by atoms with Crippen LogP contribution in [0.25, 0.3) is 0 Å². The van der Waals surface area contributed by atoms with E-state index in [1.807, 2.05) is 7.05 Å². The summed E-state index contributed by atoms with van der Waals surface area (Å²) >= 11 is 0. The molecule has 0 saturated heterocycles. The van der Waals surface area contributed by atoms with Crippen LogP contribution >= 0.6 is 0 Å². The summed E-state index contributed by atoms with van der Waals surface area (Å²) in [6.45, 7) is 4.12. The minimum Gasteiger partial charge on any atom is -0.311 e. The lowest BCUT2D eigenvalue weighted by molar-refractivity contribution is 0.596. The molecule has 13 heavy (non-hydrogen) atoms. The van der Waals surface area contributed by atoms with E-state index in [2.05, 4.69) is 22.4 Å². The van der Waals surface area contributed by atoms with Crippen molar-refractivity contribution in [3.05, 3.63) is 11.9 Å². The van der Waals surface area contributed by atoms with Gasteiger partial charge in [-0.25, -0.2) is 0 Å². The molecule has 74 valence electrons. The van der Waals surface area contributed by atoms with Crippen LogP contribution in [0, 0.1) is 0 Å². The molecular weight excluding hydrogens is 164 g/mol. The first-order valence-corrected chi connectivity index (χ1v) is 4.89. The van der Waals surface area contributed by atoms with Crippen molar-refractivity contribution in [1.29, 1.82) is 0 Å². The van der Waals surface area contributed by atoms with E-state index in [0.717, 1.165) is 18.8 Å². The number of hydrogen-bond donors (Lipinski definition) is 1. The van der Waals surface area contributed by atoms with Crippen LogP contribution in [0.4, 0.5) is 0 Å². The highest BCUT2D eigenvalue weighted by Crippen LogP contribution is 1.93. The molecule has 4 nitrogen and oxygen atoms in total. The van der Waals surface area contributed by atoms with Crippen molar-refractivity contribution in [3.8, 4) is 0 Å². The van der Waals surface area contributed by atoms with Crippen molar-refractivity contribution in [2.75, 3.05) is 6.54 Å². The predicted octanol–water partition coefficient (Wildman–Crippen LogP) is 1.09. The Morgan fingerprint density at radius 2 is 2.31 bits per heavy atom. The fourth-order valence-electron chi connectivity index (χ4n) is 1.19. The Morgan fingerprint density at radius 1 is 1.46 bits per heavy atom. The average Bonchev–Trinajstić information content (AvgIpc) is 2.51. The molecule has 0 aliphatic heterocycles. The van der Waals surface area contributed by atoms with Gasteiger partial charge in [-0.15, -0.1) is 0 Å². The van der Waals surface area contributed by atoms with Crippen molar-refractivity contribution in [3.63, 3.8) is 0 Å². The van der Waals surface area contributed by atoms with Gasteiger partial charge in [-0.1, -0.05) is 19.8 Å². The summed E-state index contributed by atoms with van der Waals surface area (Å²) in [6, 6.07) is 0. The lowest BCUT2D eigenvalue weighted by atomic mass is 10.2. The summed E-state index contributed by atoms with van der Waals surface area (Å²) in [5, 5.41) is 11.5. The van der Waals surface area contributed by atoms with Gasteiger partial charge in [0.1, 0.15) is 0 Å². The molecule has 0 unspecified atom stereocenters. The van der Waals surface area contributed by atoms with E-state index < -0.39 is 0 Å². The van der Waals surface area contributed by atoms with Crippen LogP contribution in [0.1, 0.15) is 31.9 Å². The van der Waals surface area contributed by atoms with Crippen molar-refractivity contribution >= 4 is 0 Å². The van der Waals surface area contributed by atoms with E-state index in [1.54, 1.807) is 11.0 Å². The van der Waals surface area contributed by atoms with Crippen molar-refractivity contribution in [2.45, 2.75) is 32.7 Å². The summed E-state index contributed by atoms with van der Waals surface area (Å²) in [5.74, 6) is 0. The second-order valence-corrected chi connectivity index (χ2v) is 3.21. The van der Waals surface area contributed by atoms with Crippen LogP contribution in [-0.4, -0.2) is 21.5 Å². The van der Waals surface area contributed by atoms with Gasteiger partial charge < -0.3 is 5.32 Å². The first-order chi connectivity index (χ1) is 6.33. The highest BCUT2D eigenvalue weighted by Gasteiger charge is 1.95. The molecule has 4 heteroatoms. The van der Waals surface area contributed by atoms with E-state index in [9.17, 15) is 0 Å². The number of aryl methyl sites for hydroxylation is 1. The van der Waals surface area contributed by atoms with E-state index in [4.69, 9.17) is 0 Å². The number of hydrogen-bond acceptors (Lipinski definition) is 3. The zero-order valence-electron chi connectivity index (χ0n) is 8.45. The summed E-state index contributed by atoms with van der Waals surface area (Å²) in [6.07, 6.45) is 5.61. The van der Waals surface area contributed by atoms with E-state index in [1.165, 1.54) is 19.3 Å². The molecule has 0 saturated carbocycles. The molecule has 0 aliphatic rings. The molecule has 1 N–H and O–H groups in total. The van der Waals surface area contributed by atoms with Gasteiger partial charge in [-0.05, 0) is 13.0 Å². The lowest BCUT2D eigenvalue weighted by Crippen LogP contribution is -2.15. The van der Waals surface area contributed by atoms with Crippen LogP contribution in [0.2, 0.25) is 0 Å². The maximum atomic E-state index is 4.17. The Balaban J connectivity index is 2.06. The number of nitrogens with one attached hydrogen (secondary N) is 1. The van der Waals surface area contributed by atoms with Crippen LogP contribution in [0.15, 0.2) is 6.20 Å². The van der Waals surface area contributed by atoms with E-state index in [-0.39, 0.29) is 0 Å². The van der Waals surface area contributed by atoms with Gasteiger partial charge in [0, 0.05) is 13.6 Å². The summed E-state index contributed by atoms with van der Waals surface area (Å²) < 4.78 is 0. The Labute approximate surface area is 79.3 Å². The van der Waals surface area contributed by atoms with Crippen LogP contribution in [0.5, 0.6) is 0 Å². The molecule has 0 radical (unpaired) electrons. The van der Waals surface area contributed by atoms with Crippen LogP contribution in [-0.2, 0) is 13.6 Å². The molecule has 0 bridgehead atoms.